The number of aromatic amines is 1. The van der Waals surface area contributed by atoms with Gasteiger partial charge in [0.15, 0.2) is 0 Å². The zero-order chi connectivity index (χ0) is 14.2. The van der Waals surface area contributed by atoms with Gasteiger partial charge in [-0.25, -0.2) is 4.98 Å². The van der Waals surface area contributed by atoms with E-state index in [2.05, 4.69) is 35.2 Å². The topological polar surface area (TPSA) is 57.8 Å². The molecule has 1 unspecified atom stereocenters. The van der Waals surface area contributed by atoms with Gasteiger partial charge in [0.05, 0.1) is 5.41 Å². The van der Waals surface area contributed by atoms with Gasteiger partial charge in [0.2, 0.25) is 5.91 Å². The number of aromatic nitrogens is 2. The molecule has 0 aliphatic heterocycles. The molecule has 20 heavy (non-hydrogen) atoms. The third-order valence-corrected chi connectivity index (χ3v) is 5.30. The van der Waals surface area contributed by atoms with Crippen LogP contribution in [0.1, 0.15) is 31.0 Å². The van der Waals surface area contributed by atoms with Gasteiger partial charge in [-0.05, 0) is 23.3 Å². The predicted octanol–water partition coefficient (Wildman–Crippen LogP) is 2.50. The number of amides is 1. The zero-order valence-corrected chi connectivity index (χ0v) is 12.6. The molecule has 3 rings (SSSR count). The van der Waals surface area contributed by atoms with Crippen LogP contribution in [0.25, 0.3) is 0 Å². The smallest absolute Gasteiger partial charge is 0.232 e. The van der Waals surface area contributed by atoms with Crippen LogP contribution >= 0.6 is 11.3 Å². The third kappa shape index (κ3) is 2.06. The van der Waals surface area contributed by atoms with Crippen LogP contribution in [0, 0.1) is 5.41 Å². The van der Waals surface area contributed by atoms with E-state index in [-0.39, 0.29) is 16.7 Å². The van der Waals surface area contributed by atoms with Gasteiger partial charge in [0.1, 0.15) is 5.82 Å². The lowest BCUT2D eigenvalue weighted by atomic mass is 9.93. The summed E-state index contributed by atoms with van der Waals surface area (Å²) >= 11 is 1.67. The van der Waals surface area contributed by atoms with Crippen LogP contribution in [0.3, 0.4) is 0 Å². The molecule has 1 aliphatic carbocycles. The van der Waals surface area contributed by atoms with Crippen LogP contribution < -0.4 is 5.32 Å². The molecule has 0 aromatic carbocycles. The highest BCUT2D eigenvalue weighted by molar-refractivity contribution is 7.10. The highest BCUT2D eigenvalue weighted by atomic mass is 32.1. The van der Waals surface area contributed by atoms with E-state index in [1.807, 2.05) is 11.4 Å². The molecule has 4 nitrogen and oxygen atoms in total. The number of nitrogens with one attached hydrogen (secondary N) is 2. The second-order valence-electron chi connectivity index (χ2n) is 5.99. The fraction of sp³-hybridized carbons (Fsp3) is 0.467. The monoisotopic (exact) mass is 289 g/mol. The van der Waals surface area contributed by atoms with E-state index in [1.54, 1.807) is 23.7 Å². The Morgan fingerprint density at radius 2 is 2.35 bits per heavy atom. The summed E-state index contributed by atoms with van der Waals surface area (Å²) in [5.74, 6) is 1.06. The number of rotatable bonds is 5. The Morgan fingerprint density at radius 3 is 2.90 bits per heavy atom. The van der Waals surface area contributed by atoms with E-state index in [1.165, 1.54) is 4.88 Å². The Hall–Kier alpha value is -1.62. The summed E-state index contributed by atoms with van der Waals surface area (Å²) in [7, 11) is 0. The molecule has 2 aromatic heterocycles. The van der Waals surface area contributed by atoms with Gasteiger partial charge in [-0.3, -0.25) is 4.79 Å². The van der Waals surface area contributed by atoms with Crippen molar-refractivity contribution in [2.75, 3.05) is 6.54 Å². The molecule has 106 valence electrons. The van der Waals surface area contributed by atoms with E-state index >= 15 is 0 Å². The lowest BCUT2D eigenvalue weighted by Gasteiger charge is -2.18. The van der Waals surface area contributed by atoms with Gasteiger partial charge in [-0.1, -0.05) is 19.9 Å². The van der Waals surface area contributed by atoms with Crippen molar-refractivity contribution in [3.8, 4) is 0 Å². The highest BCUT2D eigenvalue weighted by Crippen LogP contribution is 2.65. The number of thiophene rings is 1. The van der Waals surface area contributed by atoms with Gasteiger partial charge >= 0.3 is 0 Å². The van der Waals surface area contributed by atoms with Crippen molar-refractivity contribution in [2.24, 2.45) is 5.41 Å². The predicted molar refractivity (Wildman–Crippen MR) is 79.7 cm³/mol. The summed E-state index contributed by atoms with van der Waals surface area (Å²) in [4.78, 5) is 21.0. The minimum atomic E-state index is -0.329. The molecular weight excluding hydrogens is 270 g/mol. The van der Waals surface area contributed by atoms with Gasteiger partial charge < -0.3 is 10.3 Å². The van der Waals surface area contributed by atoms with Gasteiger partial charge in [0.25, 0.3) is 0 Å². The Bertz CT molecular complexity index is 589. The molecule has 5 heteroatoms. The fourth-order valence-electron chi connectivity index (χ4n) is 2.94. The molecule has 1 saturated carbocycles. The minimum absolute atomic E-state index is 0.0482. The molecule has 1 amide bonds. The highest BCUT2D eigenvalue weighted by Gasteiger charge is 2.67. The molecule has 2 N–H and O–H groups in total. The normalized spacial score (nSPS) is 23.5. The maximum Gasteiger partial charge on any atom is 0.232 e. The molecule has 0 radical (unpaired) electrons. The van der Waals surface area contributed by atoms with Crippen molar-refractivity contribution < 1.29 is 4.79 Å². The number of imidazole rings is 1. The van der Waals surface area contributed by atoms with Crippen LogP contribution in [0.5, 0.6) is 0 Å². The van der Waals surface area contributed by atoms with Crippen molar-refractivity contribution in [1.82, 2.24) is 15.3 Å². The number of carbonyl (C=O) groups is 1. The van der Waals surface area contributed by atoms with Crippen LogP contribution in [0.15, 0.2) is 29.9 Å². The summed E-state index contributed by atoms with van der Waals surface area (Å²) in [6.45, 7) is 4.95. The summed E-state index contributed by atoms with van der Waals surface area (Å²) in [6.07, 6.45) is 5.19. The van der Waals surface area contributed by atoms with Crippen LogP contribution in [-0.4, -0.2) is 22.4 Å². The van der Waals surface area contributed by atoms with Gasteiger partial charge in [-0.15, -0.1) is 11.3 Å². The van der Waals surface area contributed by atoms with Crippen molar-refractivity contribution >= 4 is 17.2 Å². The van der Waals surface area contributed by atoms with Crippen molar-refractivity contribution in [1.29, 1.82) is 0 Å². The van der Waals surface area contributed by atoms with Crippen LogP contribution in [0.4, 0.5) is 0 Å². The minimum Gasteiger partial charge on any atom is -0.355 e. The summed E-state index contributed by atoms with van der Waals surface area (Å²) in [5.41, 5.74) is -0.281. The number of H-pyrrole nitrogens is 1. The molecular formula is C15H19N3OS. The lowest BCUT2D eigenvalue weighted by Crippen LogP contribution is -2.38. The Labute approximate surface area is 122 Å². The number of nitrogens with zero attached hydrogens (tertiary/aromatic N) is 1. The van der Waals surface area contributed by atoms with Crippen LogP contribution in [-0.2, 0) is 16.6 Å². The first-order valence-corrected chi connectivity index (χ1v) is 7.75. The Kier molecular flexibility index (Phi) is 3.17. The molecule has 1 fully saturated rings. The maximum absolute atomic E-state index is 12.6. The fourth-order valence-corrected chi connectivity index (χ4v) is 4.04. The number of hydrogen-bond acceptors (Lipinski definition) is 3. The second kappa shape index (κ2) is 4.74. The van der Waals surface area contributed by atoms with E-state index in [4.69, 9.17) is 0 Å². The quantitative estimate of drug-likeness (QED) is 0.888. The molecule has 2 aromatic rings. The summed E-state index contributed by atoms with van der Waals surface area (Å²) in [5, 5.41) is 5.12. The van der Waals surface area contributed by atoms with E-state index in [0.717, 1.165) is 18.7 Å². The maximum atomic E-state index is 12.6. The molecule has 1 atom stereocenters. The van der Waals surface area contributed by atoms with E-state index < -0.39 is 0 Å². The molecule has 0 bridgehead atoms. The average molecular weight is 289 g/mol. The van der Waals surface area contributed by atoms with E-state index in [0.29, 0.717) is 6.54 Å². The number of carbonyl (C=O) groups excluding carboxylic acids is 1. The van der Waals surface area contributed by atoms with Gasteiger partial charge in [-0.2, -0.15) is 0 Å². The van der Waals surface area contributed by atoms with Crippen molar-refractivity contribution in [2.45, 2.75) is 32.1 Å². The Morgan fingerprint density at radius 1 is 1.55 bits per heavy atom. The van der Waals surface area contributed by atoms with Gasteiger partial charge in [0, 0.05) is 30.2 Å². The standard InChI is InChI=1S/C15H19N3OS/c1-14(2)10-15(14,11-4-3-9-20-11)13(19)18-6-5-12-16-7-8-17-12/h3-4,7-9H,5-6,10H2,1-2H3,(H,16,17)(H,18,19). The van der Waals surface area contributed by atoms with Crippen LogP contribution in [0.2, 0.25) is 0 Å². The molecule has 2 heterocycles. The SMILES string of the molecule is CC1(C)CC1(C(=O)NCCc1ncc[nH]1)c1cccs1. The molecule has 1 aliphatic rings. The average Bonchev–Trinajstić information content (AvgIpc) is 2.93. The molecule has 0 saturated heterocycles. The first-order valence-electron chi connectivity index (χ1n) is 6.87. The summed E-state index contributed by atoms with van der Waals surface area (Å²) in [6, 6.07) is 4.10. The summed E-state index contributed by atoms with van der Waals surface area (Å²) < 4.78 is 0. The third-order valence-electron chi connectivity index (χ3n) is 4.27. The van der Waals surface area contributed by atoms with E-state index in [9.17, 15) is 4.79 Å². The number of hydrogen-bond donors (Lipinski definition) is 2. The first kappa shape index (κ1) is 13.4. The first-order chi connectivity index (χ1) is 9.56. The van der Waals surface area contributed by atoms with Crippen molar-refractivity contribution in [3.05, 3.63) is 40.6 Å². The Balaban J connectivity index is 1.66. The zero-order valence-electron chi connectivity index (χ0n) is 11.8. The van der Waals surface area contributed by atoms with Crippen molar-refractivity contribution in [3.63, 3.8) is 0 Å². The molecule has 0 spiro atoms. The lowest BCUT2D eigenvalue weighted by molar-refractivity contribution is -0.124. The largest absolute Gasteiger partial charge is 0.355 e. The second-order valence-corrected chi connectivity index (χ2v) is 6.93.